The lowest BCUT2D eigenvalue weighted by molar-refractivity contribution is -0.124. The molecule has 96 valence electrons. The fourth-order valence-corrected chi connectivity index (χ4v) is 2.21. The average molecular weight is 264 g/mol. The number of hydrogen-bond donors (Lipinski definition) is 2. The molecule has 0 aliphatic heterocycles. The van der Waals surface area contributed by atoms with Gasteiger partial charge in [-0.15, -0.1) is 11.3 Å². The fraction of sp³-hybridized carbons (Fsp3) is 0.385. The van der Waals surface area contributed by atoms with Crippen LogP contribution >= 0.6 is 11.3 Å². The summed E-state index contributed by atoms with van der Waals surface area (Å²) >= 11 is 1.62. The zero-order valence-corrected chi connectivity index (χ0v) is 11.0. The largest absolute Gasteiger partial charge is 0.352 e. The number of hydrogen-bond acceptors (Lipinski definition) is 3. The first kappa shape index (κ1) is 12.8. The van der Waals surface area contributed by atoms with Gasteiger partial charge in [-0.2, -0.15) is 0 Å². The molecule has 0 unspecified atom stereocenters. The first-order valence-corrected chi connectivity index (χ1v) is 6.77. The summed E-state index contributed by atoms with van der Waals surface area (Å²) in [7, 11) is 0. The topological polar surface area (TPSA) is 58.2 Å². The monoisotopic (exact) mass is 264 g/mol. The highest BCUT2D eigenvalue weighted by molar-refractivity contribution is 7.12. The number of carbonyl (C=O) groups is 2. The van der Waals surface area contributed by atoms with Gasteiger partial charge in [0, 0.05) is 21.9 Å². The van der Waals surface area contributed by atoms with Crippen LogP contribution in [0.4, 0.5) is 0 Å². The van der Waals surface area contributed by atoms with E-state index in [-0.39, 0.29) is 18.4 Å². The van der Waals surface area contributed by atoms with Crippen molar-refractivity contribution in [3.63, 3.8) is 0 Å². The molecule has 0 saturated heterocycles. The van der Waals surface area contributed by atoms with Gasteiger partial charge in [-0.3, -0.25) is 9.59 Å². The van der Waals surface area contributed by atoms with E-state index in [1.807, 2.05) is 19.1 Å². The minimum absolute atomic E-state index is 0.0448. The third-order valence-electron chi connectivity index (χ3n) is 2.53. The molecule has 0 radical (unpaired) electrons. The highest BCUT2D eigenvalue weighted by Gasteiger charge is 2.22. The maximum absolute atomic E-state index is 11.5. The Morgan fingerprint density at radius 2 is 2.22 bits per heavy atom. The molecule has 5 heteroatoms. The molecule has 1 heterocycles. The zero-order chi connectivity index (χ0) is 13.0. The molecule has 2 amide bonds. The molecule has 0 bridgehead atoms. The van der Waals surface area contributed by atoms with Crippen LogP contribution in [-0.4, -0.2) is 24.4 Å². The van der Waals surface area contributed by atoms with Crippen molar-refractivity contribution in [2.24, 2.45) is 0 Å². The van der Waals surface area contributed by atoms with E-state index in [0.717, 1.165) is 17.7 Å². The predicted molar refractivity (Wildman–Crippen MR) is 72.3 cm³/mol. The number of amides is 2. The molecule has 1 aliphatic rings. The Balaban J connectivity index is 1.70. The second kappa shape index (κ2) is 5.82. The van der Waals surface area contributed by atoms with Crippen LogP contribution in [0.2, 0.25) is 0 Å². The van der Waals surface area contributed by atoms with Crippen molar-refractivity contribution < 1.29 is 9.59 Å². The van der Waals surface area contributed by atoms with Crippen LogP contribution in [0.15, 0.2) is 18.2 Å². The van der Waals surface area contributed by atoms with Crippen LogP contribution in [0.25, 0.3) is 6.08 Å². The SMILES string of the molecule is Cc1ccc(/C=C/C(=O)NCC(=O)NC2CC2)s1. The van der Waals surface area contributed by atoms with Crippen LogP contribution in [0.5, 0.6) is 0 Å². The molecular weight excluding hydrogens is 248 g/mol. The maximum atomic E-state index is 11.5. The summed E-state index contributed by atoms with van der Waals surface area (Å²) < 4.78 is 0. The number of aryl methyl sites for hydroxylation is 1. The summed E-state index contributed by atoms with van der Waals surface area (Å²) in [4.78, 5) is 25.0. The van der Waals surface area contributed by atoms with Crippen molar-refractivity contribution in [2.75, 3.05) is 6.54 Å². The molecule has 1 fully saturated rings. The molecule has 0 spiro atoms. The van der Waals surface area contributed by atoms with E-state index in [0.29, 0.717) is 6.04 Å². The Hall–Kier alpha value is -1.62. The third kappa shape index (κ3) is 4.33. The summed E-state index contributed by atoms with van der Waals surface area (Å²) in [5.41, 5.74) is 0. The molecule has 2 N–H and O–H groups in total. The summed E-state index contributed by atoms with van der Waals surface area (Å²) in [5.74, 6) is -0.363. The van der Waals surface area contributed by atoms with E-state index in [9.17, 15) is 9.59 Å². The van der Waals surface area contributed by atoms with Gasteiger partial charge in [-0.05, 0) is 38.0 Å². The van der Waals surface area contributed by atoms with Crippen molar-refractivity contribution in [3.8, 4) is 0 Å². The maximum Gasteiger partial charge on any atom is 0.244 e. The lowest BCUT2D eigenvalue weighted by Crippen LogP contribution is -2.37. The highest BCUT2D eigenvalue weighted by Crippen LogP contribution is 2.18. The Morgan fingerprint density at radius 3 is 2.83 bits per heavy atom. The smallest absolute Gasteiger partial charge is 0.244 e. The van der Waals surface area contributed by atoms with Crippen LogP contribution in [0.1, 0.15) is 22.6 Å². The van der Waals surface area contributed by atoms with Crippen LogP contribution in [-0.2, 0) is 9.59 Å². The van der Waals surface area contributed by atoms with E-state index in [4.69, 9.17) is 0 Å². The van der Waals surface area contributed by atoms with Gasteiger partial charge < -0.3 is 10.6 Å². The molecule has 1 aromatic heterocycles. The molecule has 1 aliphatic carbocycles. The number of carbonyl (C=O) groups excluding carboxylic acids is 2. The molecule has 1 aromatic rings. The van der Waals surface area contributed by atoms with E-state index in [1.165, 1.54) is 11.0 Å². The van der Waals surface area contributed by atoms with E-state index in [2.05, 4.69) is 10.6 Å². The van der Waals surface area contributed by atoms with Gasteiger partial charge in [0.2, 0.25) is 11.8 Å². The number of rotatable bonds is 5. The normalized spacial score (nSPS) is 14.7. The Labute approximate surface area is 110 Å². The lowest BCUT2D eigenvalue weighted by atomic mass is 10.4. The standard InChI is InChI=1S/C13H16N2O2S/c1-9-2-5-11(18-9)6-7-12(16)14-8-13(17)15-10-3-4-10/h2,5-7,10H,3-4,8H2,1H3,(H,14,16)(H,15,17)/b7-6+. The minimum Gasteiger partial charge on any atom is -0.352 e. The molecule has 1 saturated carbocycles. The van der Waals surface area contributed by atoms with Crippen LogP contribution in [0, 0.1) is 6.92 Å². The van der Waals surface area contributed by atoms with Gasteiger partial charge in [-0.25, -0.2) is 0 Å². The molecule has 0 aromatic carbocycles. The van der Waals surface area contributed by atoms with Gasteiger partial charge in [0.25, 0.3) is 0 Å². The fourth-order valence-electron chi connectivity index (χ4n) is 1.43. The lowest BCUT2D eigenvalue weighted by Gasteiger charge is -2.03. The molecule has 4 nitrogen and oxygen atoms in total. The van der Waals surface area contributed by atoms with E-state index in [1.54, 1.807) is 17.4 Å². The van der Waals surface area contributed by atoms with Crippen molar-refractivity contribution in [1.29, 1.82) is 0 Å². The first-order valence-electron chi connectivity index (χ1n) is 5.95. The van der Waals surface area contributed by atoms with Crippen LogP contribution < -0.4 is 10.6 Å². The van der Waals surface area contributed by atoms with Crippen molar-refractivity contribution in [2.45, 2.75) is 25.8 Å². The second-order valence-electron chi connectivity index (χ2n) is 4.34. The average Bonchev–Trinajstić information content (AvgIpc) is 3.04. The summed E-state index contributed by atoms with van der Waals surface area (Å²) in [6.45, 7) is 2.06. The summed E-state index contributed by atoms with van der Waals surface area (Å²) in [5, 5.41) is 5.37. The first-order chi connectivity index (χ1) is 8.63. The third-order valence-corrected chi connectivity index (χ3v) is 3.49. The number of thiophene rings is 1. The van der Waals surface area contributed by atoms with Crippen molar-refractivity contribution in [3.05, 3.63) is 28.0 Å². The van der Waals surface area contributed by atoms with E-state index < -0.39 is 0 Å². The number of nitrogens with one attached hydrogen (secondary N) is 2. The van der Waals surface area contributed by atoms with Gasteiger partial charge in [0.1, 0.15) is 0 Å². The summed E-state index contributed by atoms with van der Waals surface area (Å²) in [6, 6.07) is 4.30. The highest BCUT2D eigenvalue weighted by atomic mass is 32.1. The quantitative estimate of drug-likeness (QED) is 0.791. The summed E-state index contributed by atoms with van der Waals surface area (Å²) in [6.07, 6.45) is 5.32. The van der Waals surface area contributed by atoms with E-state index >= 15 is 0 Å². The van der Waals surface area contributed by atoms with Crippen molar-refractivity contribution in [1.82, 2.24) is 10.6 Å². The zero-order valence-electron chi connectivity index (χ0n) is 10.2. The molecule has 0 atom stereocenters. The predicted octanol–water partition coefficient (Wildman–Crippen LogP) is 1.46. The Kier molecular flexibility index (Phi) is 4.15. The molecule has 2 rings (SSSR count). The molecule has 18 heavy (non-hydrogen) atoms. The van der Waals surface area contributed by atoms with Gasteiger partial charge in [0.15, 0.2) is 0 Å². The molecular formula is C13H16N2O2S. The van der Waals surface area contributed by atoms with Crippen molar-refractivity contribution >= 4 is 29.2 Å². The Morgan fingerprint density at radius 1 is 1.44 bits per heavy atom. The Bertz CT molecular complexity index is 475. The van der Waals surface area contributed by atoms with Gasteiger partial charge in [-0.1, -0.05) is 0 Å². The second-order valence-corrected chi connectivity index (χ2v) is 5.66. The van der Waals surface area contributed by atoms with Crippen LogP contribution in [0.3, 0.4) is 0 Å². The van der Waals surface area contributed by atoms with Gasteiger partial charge in [0.05, 0.1) is 6.54 Å². The minimum atomic E-state index is -0.244. The van der Waals surface area contributed by atoms with Gasteiger partial charge >= 0.3 is 0 Å².